The molecule has 0 aliphatic carbocycles. The van der Waals surface area contributed by atoms with E-state index in [2.05, 4.69) is 190 Å². The van der Waals surface area contributed by atoms with Crippen LogP contribution in [0.5, 0.6) is 0 Å². The Labute approximate surface area is 279 Å². The van der Waals surface area contributed by atoms with E-state index < -0.39 is 0 Å². The molecule has 0 amide bonds. The second kappa shape index (κ2) is 12.8. The van der Waals surface area contributed by atoms with Crippen LogP contribution in [0.2, 0.25) is 0 Å². The Bertz CT molecular complexity index is 1820. The first-order chi connectivity index (χ1) is 20.7. The first-order valence-corrected chi connectivity index (χ1v) is 15.0. The number of rotatable bonds is 6. The Hall–Kier alpha value is -4.16. The van der Waals surface area contributed by atoms with Gasteiger partial charge in [-0.2, -0.15) is 5.01 Å². The van der Waals surface area contributed by atoms with Gasteiger partial charge in [-0.05, 0) is 66.9 Å². The number of aromatic nitrogens is 1. The fraction of sp³-hybridized carbons (Fsp3) is 0.175. The Balaban J connectivity index is 0.00000384. The van der Waals surface area contributed by atoms with E-state index in [9.17, 15) is 0 Å². The maximum absolute atomic E-state index is 2.32. The molecular formula is C40H40IN3. The van der Waals surface area contributed by atoms with Gasteiger partial charge in [-0.25, -0.2) is 0 Å². The average Bonchev–Trinajstić information content (AvgIpc) is 3.22. The van der Waals surface area contributed by atoms with Crippen LogP contribution >= 0.6 is 0 Å². The van der Waals surface area contributed by atoms with Gasteiger partial charge in [0.25, 0.3) is 0 Å². The van der Waals surface area contributed by atoms with E-state index in [0.717, 1.165) is 17.1 Å². The minimum atomic E-state index is -0.0801. The summed E-state index contributed by atoms with van der Waals surface area (Å²) in [6.45, 7) is 8.90. The Kier molecular flexibility index (Phi) is 9.12. The van der Waals surface area contributed by atoms with Crippen LogP contribution in [0.3, 0.4) is 0 Å². The van der Waals surface area contributed by atoms with E-state index in [1.54, 1.807) is 0 Å². The van der Waals surface area contributed by atoms with Gasteiger partial charge in [-0.3, -0.25) is 0 Å². The van der Waals surface area contributed by atoms with Gasteiger partial charge in [0.1, 0.15) is 0 Å². The van der Waals surface area contributed by atoms with E-state index in [1.807, 2.05) is 0 Å². The van der Waals surface area contributed by atoms with Crippen molar-refractivity contribution in [3.63, 3.8) is 0 Å². The first-order valence-electron chi connectivity index (χ1n) is 15.0. The summed E-state index contributed by atoms with van der Waals surface area (Å²) in [7, 11) is 4.31. The summed E-state index contributed by atoms with van der Waals surface area (Å²) in [5, 5.41) is 2.24. The lowest BCUT2D eigenvalue weighted by Crippen LogP contribution is -3.00. The van der Waals surface area contributed by atoms with Gasteiger partial charge in [0.15, 0.2) is 0 Å². The molecule has 0 bridgehead atoms. The molecule has 4 heteroatoms. The highest BCUT2D eigenvalue weighted by molar-refractivity contribution is 5.73. The van der Waals surface area contributed by atoms with Gasteiger partial charge < -0.3 is 28.9 Å². The summed E-state index contributed by atoms with van der Waals surface area (Å²) in [6, 6.07) is 41.5. The third-order valence-corrected chi connectivity index (χ3v) is 8.69. The van der Waals surface area contributed by atoms with Crippen molar-refractivity contribution >= 4 is 17.5 Å². The zero-order valence-electron chi connectivity index (χ0n) is 26.4. The van der Waals surface area contributed by atoms with Crippen molar-refractivity contribution in [2.24, 2.45) is 0 Å². The third kappa shape index (κ3) is 5.96. The SMILES string of the molecule is Cc1ccc(-c2cc(C=CC=C3N(C)c4ccccc4C3(C)C)[n+](N(C)c3ccccc3)c(-c3ccc(C)cc3)c2)cc1.[I-]. The third-order valence-electron chi connectivity index (χ3n) is 8.69. The van der Waals surface area contributed by atoms with Crippen molar-refractivity contribution in [3.05, 3.63) is 155 Å². The molecule has 1 aromatic heterocycles. The Morgan fingerprint density at radius 1 is 0.705 bits per heavy atom. The lowest BCUT2D eigenvalue weighted by Gasteiger charge is -2.23. The minimum Gasteiger partial charge on any atom is -1.00 e. The lowest BCUT2D eigenvalue weighted by molar-refractivity contribution is -0.672. The smallest absolute Gasteiger partial charge is 0.244 e. The molecule has 3 nitrogen and oxygen atoms in total. The van der Waals surface area contributed by atoms with Crippen molar-refractivity contribution in [1.82, 2.24) is 0 Å². The normalized spacial score (nSPS) is 14.5. The van der Waals surface area contributed by atoms with Crippen molar-refractivity contribution < 1.29 is 28.7 Å². The molecule has 0 spiro atoms. The monoisotopic (exact) mass is 689 g/mol. The van der Waals surface area contributed by atoms with E-state index in [1.165, 1.54) is 44.8 Å². The summed E-state index contributed by atoms with van der Waals surface area (Å²) in [6.07, 6.45) is 6.73. The summed E-state index contributed by atoms with van der Waals surface area (Å²) >= 11 is 0. The van der Waals surface area contributed by atoms with Crippen molar-refractivity contribution in [2.75, 3.05) is 24.0 Å². The van der Waals surface area contributed by atoms with E-state index in [0.29, 0.717) is 0 Å². The summed E-state index contributed by atoms with van der Waals surface area (Å²) in [4.78, 5) is 2.32. The standard InChI is InChI=1S/C40H40N3.HI/c1-29-19-23-31(24-20-29)33-27-35(15-12-18-39-40(3,4)36-16-10-11-17-37(36)41(39)5)43(42(6)34-13-8-7-9-14-34)38(28-33)32-25-21-30(2)22-26-32;/h7-28H,1-6H3;1H/q+1;/p-1. The molecule has 6 rings (SSSR count). The molecule has 5 aromatic rings. The van der Waals surface area contributed by atoms with Gasteiger partial charge in [-0.15, -0.1) is 0 Å². The molecule has 0 unspecified atom stereocenters. The molecule has 0 N–H and O–H groups in total. The van der Waals surface area contributed by atoms with Gasteiger partial charge in [0, 0.05) is 47.6 Å². The maximum atomic E-state index is 2.32. The fourth-order valence-electron chi connectivity index (χ4n) is 6.20. The van der Waals surface area contributed by atoms with Crippen LogP contribution in [0.15, 0.2) is 133 Å². The highest BCUT2D eigenvalue weighted by Gasteiger charge is 2.37. The number of nitrogens with zero attached hydrogens (tertiary/aromatic N) is 3. The molecule has 0 atom stereocenters. The predicted molar refractivity (Wildman–Crippen MR) is 182 cm³/mol. The van der Waals surface area contributed by atoms with Crippen LogP contribution < -0.4 is 38.6 Å². The van der Waals surface area contributed by atoms with Gasteiger partial charge in [0.2, 0.25) is 11.4 Å². The molecule has 1 aliphatic rings. The second-order valence-corrected chi connectivity index (χ2v) is 12.1. The van der Waals surface area contributed by atoms with Crippen LogP contribution in [0.1, 0.15) is 36.2 Å². The van der Waals surface area contributed by atoms with Crippen LogP contribution in [0.4, 0.5) is 11.4 Å². The first kappa shape index (κ1) is 31.3. The van der Waals surface area contributed by atoms with Crippen LogP contribution in [0, 0.1) is 13.8 Å². The van der Waals surface area contributed by atoms with E-state index >= 15 is 0 Å². The number of pyridine rings is 1. The summed E-state index contributed by atoms with van der Waals surface area (Å²) in [5.74, 6) is 0. The van der Waals surface area contributed by atoms with Crippen LogP contribution in [0.25, 0.3) is 28.5 Å². The molecule has 0 fully saturated rings. The molecule has 222 valence electrons. The Morgan fingerprint density at radius 3 is 1.93 bits per heavy atom. The summed E-state index contributed by atoms with van der Waals surface area (Å²) in [5.41, 5.74) is 13.2. The number of likely N-dealkylation sites (N-methyl/N-ethyl adjacent to an activating group) is 1. The molecule has 2 heterocycles. The molecule has 0 saturated heterocycles. The number of benzene rings is 4. The quantitative estimate of drug-likeness (QED) is 0.157. The molecule has 0 radical (unpaired) electrons. The number of fused-ring (bicyclic) bond motifs is 1. The number of anilines is 2. The maximum Gasteiger partial charge on any atom is 0.244 e. The van der Waals surface area contributed by atoms with E-state index in [-0.39, 0.29) is 29.4 Å². The number of allylic oxidation sites excluding steroid dienone is 3. The molecule has 44 heavy (non-hydrogen) atoms. The lowest BCUT2D eigenvalue weighted by atomic mass is 9.84. The van der Waals surface area contributed by atoms with Gasteiger partial charge in [-0.1, -0.05) is 109 Å². The van der Waals surface area contributed by atoms with Crippen LogP contribution in [-0.2, 0) is 5.41 Å². The van der Waals surface area contributed by atoms with Crippen molar-refractivity contribution in [3.8, 4) is 22.4 Å². The number of para-hydroxylation sites is 2. The van der Waals surface area contributed by atoms with E-state index in [4.69, 9.17) is 0 Å². The number of aryl methyl sites for hydroxylation is 2. The number of hydrogen-bond acceptors (Lipinski definition) is 2. The molecular weight excluding hydrogens is 649 g/mol. The molecule has 1 aliphatic heterocycles. The molecule has 0 saturated carbocycles. The average molecular weight is 690 g/mol. The minimum absolute atomic E-state index is 0. The zero-order chi connectivity index (χ0) is 30.1. The topological polar surface area (TPSA) is 10.4 Å². The zero-order valence-corrected chi connectivity index (χ0v) is 28.6. The highest BCUT2D eigenvalue weighted by Crippen LogP contribution is 2.46. The number of hydrogen-bond donors (Lipinski definition) is 0. The fourth-order valence-corrected chi connectivity index (χ4v) is 6.20. The van der Waals surface area contributed by atoms with Crippen molar-refractivity contribution in [1.29, 1.82) is 0 Å². The summed E-state index contributed by atoms with van der Waals surface area (Å²) < 4.78 is 2.32. The van der Waals surface area contributed by atoms with Gasteiger partial charge >= 0.3 is 0 Å². The Morgan fingerprint density at radius 2 is 1.30 bits per heavy atom. The second-order valence-electron chi connectivity index (χ2n) is 12.1. The van der Waals surface area contributed by atoms with Gasteiger partial charge in [0.05, 0.1) is 12.7 Å². The predicted octanol–water partition coefficient (Wildman–Crippen LogP) is 6.15. The highest BCUT2D eigenvalue weighted by atomic mass is 127. The number of halogens is 1. The molecule has 4 aromatic carbocycles. The van der Waals surface area contributed by atoms with Crippen molar-refractivity contribution in [2.45, 2.75) is 33.1 Å². The largest absolute Gasteiger partial charge is 1.00 e. The van der Waals surface area contributed by atoms with Crippen LogP contribution in [-0.4, -0.2) is 14.1 Å².